The predicted molar refractivity (Wildman–Crippen MR) is 78.0 cm³/mol. The number of likely N-dealkylation sites (N-methyl/N-ethyl adjacent to an activating group) is 1. The van der Waals surface area contributed by atoms with Gasteiger partial charge >= 0.3 is 0 Å². The molecule has 21 heavy (non-hydrogen) atoms. The Morgan fingerprint density at radius 1 is 1.24 bits per heavy atom. The molecule has 2 amide bonds. The number of nitrogens with zero attached hydrogens (tertiary/aromatic N) is 2. The van der Waals surface area contributed by atoms with E-state index in [4.69, 9.17) is 4.52 Å². The number of anilines is 1. The Labute approximate surface area is 122 Å². The van der Waals surface area contributed by atoms with Crippen molar-refractivity contribution in [2.75, 3.05) is 19.4 Å². The summed E-state index contributed by atoms with van der Waals surface area (Å²) >= 11 is 0. The number of carbonyl (C=O) groups excluding carboxylic acids is 2. The van der Waals surface area contributed by atoms with Gasteiger partial charge in [-0.1, -0.05) is 17.3 Å². The minimum Gasteiger partial charge on any atom is -0.361 e. The number of rotatable bonds is 4. The lowest BCUT2D eigenvalue weighted by Crippen LogP contribution is -2.23. The van der Waals surface area contributed by atoms with Crippen molar-refractivity contribution in [2.24, 2.45) is 0 Å². The monoisotopic (exact) mass is 287 g/mol. The van der Waals surface area contributed by atoms with Crippen molar-refractivity contribution in [1.29, 1.82) is 0 Å². The van der Waals surface area contributed by atoms with Crippen molar-refractivity contribution in [3.8, 4) is 0 Å². The number of amides is 2. The SMILES string of the molecule is Cc1oncc1C(=O)Nc1ccc(CC(=O)N(C)C)cc1. The van der Waals surface area contributed by atoms with Crippen LogP contribution in [-0.4, -0.2) is 36.0 Å². The number of nitrogens with one attached hydrogen (secondary N) is 1. The van der Waals surface area contributed by atoms with Crippen LogP contribution < -0.4 is 5.32 Å². The van der Waals surface area contributed by atoms with E-state index in [-0.39, 0.29) is 11.8 Å². The van der Waals surface area contributed by atoms with E-state index in [2.05, 4.69) is 10.5 Å². The molecular weight excluding hydrogens is 270 g/mol. The highest BCUT2D eigenvalue weighted by Gasteiger charge is 2.13. The molecule has 0 saturated carbocycles. The molecule has 1 aromatic heterocycles. The zero-order chi connectivity index (χ0) is 15.4. The molecule has 0 aliphatic carbocycles. The quantitative estimate of drug-likeness (QED) is 0.931. The highest BCUT2D eigenvalue weighted by atomic mass is 16.5. The molecule has 0 aliphatic heterocycles. The molecule has 1 N–H and O–H groups in total. The van der Waals surface area contributed by atoms with Gasteiger partial charge in [0.15, 0.2) is 0 Å². The molecule has 2 aromatic rings. The minimum atomic E-state index is -0.272. The van der Waals surface area contributed by atoms with Gasteiger partial charge in [0.05, 0.1) is 12.6 Å². The molecule has 0 atom stereocenters. The van der Waals surface area contributed by atoms with Crippen LogP contribution in [0.3, 0.4) is 0 Å². The highest BCUT2D eigenvalue weighted by molar-refractivity contribution is 6.04. The molecule has 0 spiro atoms. The fourth-order valence-electron chi connectivity index (χ4n) is 1.75. The lowest BCUT2D eigenvalue weighted by molar-refractivity contribution is -0.127. The Morgan fingerprint density at radius 3 is 2.43 bits per heavy atom. The van der Waals surface area contributed by atoms with Gasteiger partial charge in [0.2, 0.25) is 5.91 Å². The Hall–Kier alpha value is -2.63. The fourth-order valence-corrected chi connectivity index (χ4v) is 1.75. The molecule has 0 saturated heterocycles. The molecule has 1 heterocycles. The number of benzene rings is 1. The average Bonchev–Trinajstić information content (AvgIpc) is 2.87. The van der Waals surface area contributed by atoms with Gasteiger partial charge in [-0.15, -0.1) is 0 Å². The van der Waals surface area contributed by atoms with Crippen LogP contribution in [0.15, 0.2) is 35.0 Å². The van der Waals surface area contributed by atoms with Crippen LogP contribution in [0.1, 0.15) is 21.7 Å². The maximum atomic E-state index is 12.0. The van der Waals surface area contributed by atoms with Crippen LogP contribution in [0, 0.1) is 6.92 Å². The molecule has 0 aliphatic rings. The molecule has 0 fully saturated rings. The lowest BCUT2D eigenvalue weighted by Gasteiger charge is -2.10. The molecule has 2 rings (SSSR count). The summed E-state index contributed by atoms with van der Waals surface area (Å²) in [4.78, 5) is 25.1. The first-order valence-corrected chi connectivity index (χ1v) is 6.49. The van der Waals surface area contributed by atoms with Gasteiger partial charge in [-0.25, -0.2) is 0 Å². The predicted octanol–water partition coefficient (Wildman–Crippen LogP) is 1.87. The van der Waals surface area contributed by atoms with E-state index in [0.717, 1.165) is 5.56 Å². The minimum absolute atomic E-state index is 0.0341. The third-order valence-corrected chi connectivity index (χ3v) is 3.06. The first-order chi connectivity index (χ1) is 9.97. The Bertz CT molecular complexity index is 644. The van der Waals surface area contributed by atoms with Crippen LogP contribution in [0.4, 0.5) is 5.69 Å². The van der Waals surface area contributed by atoms with E-state index in [9.17, 15) is 9.59 Å². The van der Waals surface area contributed by atoms with Gasteiger partial charge in [-0.2, -0.15) is 0 Å². The summed E-state index contributed by atoms with van der Waals surface area (Å²) in [5.74, 6) is 0.235. The van der Waals surface area contributed by atoms with Crippen molar-refractivity contribution in [2.45, 2.75) is 13.3 Å². The van der Waals surface area contributed by atoms with Gasteiger partial charge in [0, 0.05) is 19.8 Å². The summed E-state index contributed by atoms with van der Waals surface area (Å²) in [6.07, 6.45) is 1.72. The lowest BCUT2D eigenvalue weighted by atomic mass is 10.1. The number of carbonyl (C=O) groups is 2. The van der Waals surface area contributed by atoms with Gasteiger partial charge in [0.25, 0.3) is 5.91 Å². The summed E-state index contributed by atoms with van der Waals surface area (Å²) in [6, 6.07) is 7.16. The molecule has 0 unspecified atom stereocenters. The summed E-state index contributed by atoms with van der Waals surface area (Å²) < 4.78 is 4.86. The van der Waals surface area contributed by atoms with E-state index >= 15 is 0 Å². The van der Waals surface area contributed by atoms with E-state index in [0.29, 0.717) is 23.4 Å². The zero-order valence-electron chi connectivity index (χ0n) is 12.2. The van der Waals surface area contributed by atoms with Crippen molar-refractivity contribution in [3.63, 3.8) is 0 Å². The standard InChI is InChI=1S/C15H17N3O3/c1-10-13(9-16-21-10)15(20)17-12-6-4-11(5-7-12)8-14(19)18(2)3/h4-7,9H,8H2,1-3H3,(H,17,20). The summed E-state index contributed by atoms with van der Waals surface area (Å²) in [5.41, 5.74) is 1.95. The first kappa shape index (κ1) is 14.8. The van der Waals surface area contributed by atoms with Crippen LogP contribution in [0.25, 0.3) is 0 Å². The average molecular weight is 287 g/mol. The number of hydrogen-bond donors (Lipinski definition) is 1. The first-order valence-electron chi connectivity index (χ1n) is 6.49. The smallest absolute Gasteiger partial charge is 0.260 e. The molecular formula is C15H17N3O3. The highest BCUT2D eigenvalue weighted by Crippen LogP contribution is 2.13. The third kappa shape index (κ3) is 3.68. The second-order valence-corrected chi connectivity index (χ2v) is 4.91. The summed E-state index contributed by atoms with van der Waals surface area (Å²) in [5, 5.41) is 6.32. The van der Waals surface area contributed by atoms with Gasteiger partial charge < -0.3 is 14.7 Å². The topological polar surface area (TPSA) is 75.4 Å². The number of hydrogen-bond acceptors (Lipinski definition) is 4. The van der Waals surface area contributed by atoms with E-state index < -0.39 is 0 Å². The molecule has 110 valence electrons. The van der Waals surface area contributed by atoms with Crippen molar-refractivity contribution >= 4 is 17.5 Å². The largest absolute Gasteiger partial charge is 0.361 e. The normalized spacial score (nSPS) is 10.2. The summed E-state index contributed by atoms with van der Waals surface area (Å²) in [6.45, 7) is 1.68. The van der Waals surface area contributed by atoms with E-state index in [1.165, 1.54) is 6.20 Å². The number of aryl methyl sites for hydroxylation is 1. The van der Waals surface area contributed by atoms with E-state index in [1.807, 2.05) is 12.1 Å². The number of aromatic nitrogens is 1. The molecule has 0 bridgehead atoms. The maximum Gasteiger partial charge on any atom is 0.260 e. The maximum absolute atomic E-state index is 12.0. The van der Waals surface area contributed by atoms with Crippen molar-refractivity contribution in [3.05, 3.63) is 47.3 Å². The van der Waals surface area contributed by atoms with Crippen LogP contribution in [0.5, 0.6) is 0 Å². The Balaban J connectivity index is 2.01. The molecule has 0 radical (unpaired) electrons. The van der Waals surface area contributed by atoms with Crippen LogP contribution in [0.2, 0.25) is 0 Å². The van der Waals surface area contributed by atoms with Gasteiger partial charge in [0.1, 0.15) is 11.3 Å². The van der Waals surface area contributed by atoms with Gasteiger partial charge in [-0.3, -0.25) is 9.59 Å². The summed E-state index contributed by atoms with van der Waals surface area (Å²) in [7, 11) is 3.44. The van der Waals surface area contributed by atoms with E-state index in [1.54, 1.807) is 38.1 Å². The van der Waals surface area contributed by atoms with Crippen LogP contribution in [-0.2, 0) is 11.2 Å². The molecule has 6 nitrogen and oxygen atoms in total. The second-order valence-electron chi connectivity index (χ2n) is 4.91. The van der Waals surface area contributed by atoms with Crippen molar-refractivity contribution in [1.82, 2.24) is 10.1 Å². The second kappa shape index (κ2) is 6.21. The van der Waals surface area contributed by atoms with Crippen molar-refractivity contribution < 1.29 is 14.1 Å². The zero-order valence-corrected chi connectivity index (χ0v) is 12.2. The van der Waals surface area contributed by atoms with Gasteiger partial charge in [-0.05, 0) is 24.6 Å². The van der Waals surface area contributed by atoms with Crippen LogP contribution >= 0.6 is 0 Å². The Kier molecular flexibility index (Phi) is 4.37. The molecule has 1 aromatic carbocycles. The third-order valence-electron chi connectivity index (χ3n) is 3.06. The Morgan fingerprint density at radius 2 is 1.90 bits per heavy atom. The molecule has 6 heteroatoms. The fraction of sp³-hybridized carbons (Fsp3) is 0.267.